The first-order chi connectivity index (χ1) is 6.12. The molecule has 80 valence electrons. The first-order valence-corrected chi connectivity index (χ1v) is 5.53. The van der Waals surface area contributed by atoms with Crippen molar-refractivity contribution >= 4 is 0 Å². The molecular formula is C11H26N2. The van der Waals surface area contributed by atoms with Gasteiger partial charge in [-0.05, 0) is 37.9 Å². The summed E-state index contributed by atoms with van der Waals surface area (Å²) in [7, 11) is 0. The summed E-state index contributed by atoms with van der Waals surface area (Å²) in [6.07, 6.45) is 5.12. The van der Waals surface area contributed by atoms with Crippen molar-refractivity contribution in [2.75, 3.05) is 19.6 Å². The van der Waals surface area contributed by atoms with E-state index in [1.54, 1.807) is 0 Å². The summed E-state index contributed by atoms with van der Waals surface area (Å²) < 4.78 is 0. The van der Waals surface area contributed by atoms with Gasteiger partial charge in [0.25, 0.3) is 0 Å². The van der Waals surface area contributed by atoms with Crippen molar-refractivity contribution in [2.24, 2.45) is 11.1 Å². The Bertz CT molecular complexity index is 111. The van der Waals surface area contributed by atoms with E-state index in [1.807, 2.05) is 0 Å². The van der Waals surface area contributed by atoms with Crippen molar-refractivity contribution in [3.63, 3.8) is 0 Å². The van der Waals surface area contributed by atoms with E-state index in [-0.39, 0.29) is 0 Å². The molecule has 0 bridgehead atoms. The molecule has 0 unspecified atom stereocenters. The Labute approximate surface area is 83.3 Å². The normalized spacial score (nSPS) is 12.0. The van der Waals surface area contributed by atoms with E-state index in [0.29, 0.717) is 5.41 Å². The second-order valence-electron chi connectivity index (χ2n) is 4.58. The molecule has 3 N–H and O–H groups in total. The summed E-state index contributed by atoms with van der Waals surface area (Å²) in [6.45, 7) is 9.73. The topological polar surface area (TPSA) is 38.0 Å². The van der Waals surface area contributed by atoms with Crippen LogP contribution in [0.25, 0.3) is 0 Å². The molecule has 0 saturated carbocycles. The van der Waals surface area contributed by atoms with Crippen molar-refractivity contribution in [1.29, 1.82) is 0 Å². The average Bonchev–Trinajstić information content (AvgIpc) is 2.11. The minimum atomic E-state index is 0.303. The Hall–Kier alpha value is -0.0800. The summed E-state index contributed by atoms with van der Waals surface area (Å²) >= 11 is 0. The van der Waals surface area contributed by atoms with Crippen LogP contribution >= 0.6 is 0 Å². The quantitative estimate of drug-likeness (QED) is 0.570. The fraction of sp³-hybridized carbons (Fsp3) is 1.00. The van der Waals surface area contributed by atoms with Gasteiger partial charge in [-0.25, -0.2) is 0 Å². The number of nitrogens with two attached hydrogens (primary N) is 1. The molecule has 0 atom stereocenters. The highest BCUT2D eigenvalue weighted by atomic mass is 14.8. The molecule has 0 heterocycles. The van der Waals surface area contributed by atoms with Gasteiger partial charge in [-0.3, -0.25) is 0 Å². The SMILES string of the molecule is CCCCCNCCC(C)(C)CN. The van der Waals surface area contributed by atoms with Gasteiger partial charge in [-0.1, -0.05) is 33.6 Å². The van der Waals surface area contributed by atoms with E-state index in [4.69, 9.17) is 5.73 Å². The molecule has 0 aromatic heterocycles. The molecule has 0 aliphatic rings. The van der Waals surface area contributed by atoms with E-state index in [9.17, 15) is 0 Å². The predicted octanol–water partition coefficient (Wildman–Crippen LogP) is 2.14. The number of rotatable bonds is 8. The van der Waals surface area contributed by atoms with E-state index in [1.165, 1.54) is 25.7 Å². The molecule has 0 saturated heterocycles. The third-order valence-electron chi connectivity index (χ3n) is 2.49. The van der Waals surface area contributed by atoms with Crippen molar-refractivity contribution in [3.8, 4) is 0 Å². The van der Waals surface area contributed by atoms with Gasteiger partial charge in [-0.2, -0.15) is 0 Å². The zero-order valence-corrected chi connectivity index (χ0v) is 9.53. The Morgan fingerprint density at radius 1 is 1.15 bits per heavy atom. The minimum absolute atomic E-state index is 0.303. The number of unbranched alkanes of at least 4 members (excludes halogenated alkanes) is 2. The largest absolute Gasteiger partial charge is 0.330 e. The third kappa shape index (κ3) is 8.26. The van der Waals surface area contributed by atoms with Crippen LogP contribution in [0.2, 0.25) is 0 Å². The average molecular weight is 186 g/mol. The first kappa shape index (κ1) is 12.9. The van der Waals surface area contributed by atoms with Gasteiger partial charge in [0.1, 0.15) is 0 Å². The zero-order valence-electron chi connectivity index (χ0n) is 9.53. The lowest BCUT2D eigenvalue weighted by molar-refractivity contribution is 0.339. The molecule has 0 rings (SSSR count). The summed E-state index contributed by atoms with van der Waals surface area (Å²) in [4.78, 5) is 0. The highest BCUT2D eigenvalue weighted by Crippen LogP contribution is 2.16. The monoisotopic (exact) mass is 186 g/mol. The fourth-order valence-electron chi connectivity index (χ4n) is 1.15. The Morgan fingerprint density at radius 2 is 1.85 bits per heavy atom. The Balaban J connectivity index is 3.16. The van der Waals surface area contributed by atoms with Gasteiger partial charge < -0.3 is 11.1 Å². The second-order valence-corrected chi connectivity index (χ2v) is 4.58. The van der Waals surface area contributed by atoms with Crippen LogP contribution in [-0.2, 0) is 0 Å². The van der Waals surface area contributed by atoms with E-state index in [2.05, 4.69) is 26.1 Å². The van der Waals surface area contributed by atoms with Crippen LogP contribution in [0.3, 0.4) is 0 Å². The molecule has 0 aromatic rings. The molecule has 13 heavy (non-hydrogen) atoms. The molecule has 0 radical (unpaired) electrons. The van der Waals surface area contributed by atoms with Crippen LogP contribution in [0, 0.1) is 5.41 Å². The molecule has 2 nitrogen and oxygen atoms in total. The van der Waals surface area contributed by atoms with Crippen LogP contribution < -0.4 is 11.1 Å². The van der Waals surface area contributed by atoms with Gasteiger partial charge in [-0.15, -0.1) is 0 Å². The Kier molecular flexibility index (Phi) is 7.29. The van der Waals surface area contributed by atoms with Crippen LogP contribution in [0.4, 0.5) is 0 Å². The maximum absolute atomic E-state index is 5.64. The van der Waals surface area contributed by atoms with Gasteiger partial charge in [0.05, 0.1) is 0 Å². The second kappa shape index (κ2) is 7.34. The number of nitrogens with one attached hydrogen (secondary N) is 1. The van der Waals surface area contributed by atoms with Gasteiger partial charge in [0, 0.05) is 0 Å². The molecular weight excluding hydrogens is 160 g/mol. The lowest BCUT2D eigenvalue weighted by atomic mass is 9.90. The zero-order chi connectivity index (χ0) is 10.2. The lowest BCUT2D eigenvalue weighted by Crippen LogP contribution is -2.29. The number of hydrogen-bond acceptors (Lipinski definition) is 2. The standard InChI is InChI=1S/C11H26N2/c1-4-5-6-8-13-9-7-11(2,3)10-12/h13H,4-10,12H2,1-3H3. The maximum Gasteiger partial charge on any atom is -0.00253 e. The third-order valence-corrected chi connectivity index (χ3v) is 2.49. The Morgan fingerprint density at radius 3 is 2.38 bits per heavy atom. The number of hydrogen-bond donors (Lipinski definition) is 2. The molecule has 0 spiro atoms. The van der Waals surface area contributed by atoms with Crippen molar-refractivity contribution < 1.29 is 0 Å². The van der Waals surface area contributed by atoms with Gasteiger partial charge in [0.15, 0.2) is 0 Å². The van der Waals surface area contributed by atoms with Crippen LogP contribution in [-0.4, -0.2) is 19.6 Å². The maximum atomic E-state index is 5.64. The molecule has 2 heteroatoms. The van der Waals surface area contributed by atoms with Crippen LogP contribution in [0.1, 0.15) is 46.5 Å². The van der Waals surface area contributed by atoms with Gasteiger partial charge in [0.2, 0.25) is 0 Å². The molecule has 0 amide bonds. The van der Waals surface area contributed by atoms with Crippen LogP contribution in [0.15, 0.2) is 0 Å². The highest BCUT2D eigenvalue weighted by molar-refractivity contribution is 4.70. The van der Waals surface area contributed by atoms with E-state index < -0.39 is 0 Å². The molecule has 0 fully saturated rings. The van der Waals surface area contributed by atoms with Crippen LogP contribution in [0.5, 0.6) is 0 Å². The van der Waals surface area contributed by atoms with Crippen molar-refractivity contribution in [2.45, 2.75) is 46.5 Å². The van der Waals surface area contributed by atoms with Crippen molar-refractivity contribution in [1.82, 2.24) is 5.32 Å². The summed E-state index contributed by atoms with van der Waals surface area (Å²) in [5.41, 5.74) is 5.94. The molecule has 0 aliphatic heterocycles. The highest BCUT2D eigenvalue weighted by Gasteiger charge is 2.13. The smallest absolute Gasteiger partial charge is 0.00253 e. The summed E-state index contributed by atoms with van der Waals surface area (Å²) in [5, 5.41) is 3.46. The summed E-state index contributed by atoms with van der Waals surface area (Å²) in [5.74, 6) is 0. The molecule has 0 aliphatic carbocycles. The minimum Gasteiger partial charge on any atom is -0.330 e. The van der Waals surface area contributed by atoms with E-state index >= 15 is 0 Å². The molecule has 0 aromatic carbocycles. The van der Waals surface area contributed by atoms with E-state index in [0.717, 1.165) is 19.6 Å². The summed E-state index contributed by atoms with van der Waals surface area (Å²) in [6, 6.07) is 0. The van der Waals surface area contributed by atoms with Gasteiger partial charge >= 0.3 is 0 Å². The predicted molar refractivity (Wildman–Crippen MR) is 59.8 cm³/mol. The fourth-order valence-corrected chi connectivity index (χ4v) is 1.15. The first-order valence-electron chi connectivity index (χ1n) is 5.53. The lowest BCUT2D eigenvalue weighted by Gasteiger charge is -2.22. The van der Waals surface area contributed by atoms with Crippen molar-refractivity contribution in [3.05, 3.63) is 0 Å².